The predicted octanol–water partition coefficient (Wildman–Crippen LogP) is 5.14. The van der Waals surface area contributed by atoms with Gasteiger partial charge in [0.25, 0.3) is 5.91 Å². The van der Waals surface area contributed by atoms with Crippen LogP contribution in [0.4, 0.5) is 10.3 Å². The van der Waals surface area contributed by atoms with Crippen molar-refractivity contribution in [3.63, 3.8) is 0 Å². The zero-order valence-electron chi connectivity index (χ0n) is 21.1. The Hall–Kier alpha value is -3.52. The van der Waals surface area contributed by atoms with E-state index in [0.717, 1.165) is 59.6 Å². The number of ether oxygens (including phenoxy) is 2. The van der Waals surface area contributed by atoms with Crippen molar-refractivity contribution in [3.05, 3.63) is 71.5 Å². The van der Waals surface area contributed by atoms with Gasteiger partial charge in [-0.2, -0.15) is 0 Å². The number of hydrogen-bond acceptors (Lipinski definition) is 6. The third-order valence-corrected chi connectivity index (χ3v) is 7.83. The lowest BCUT2D eigenvalue weighted by Gasteiger charge is -2.24. The molecule has 3 aliphatic heterocycles. The predicted molar refractivity (Wildman–Crippen MR) is 138 cm³/mol. The number of amides is 1. The van der Waals surface area contributed by atoms with Crippen molar-refractivity contribution in [1.82, 2.24) is 14.9 Å². The van der Waals surface area contributed by atoms with Gasteiger partial charge >= 0.3 is 0 Å². The summed E-state index contributed by atoms with van der Waals surface area (Å²) in [7, 11) is 1.72. The van der Waals surface area contributed by atoms with E-state index in [2.05, 4.69) is 20.9 Å². The summed E-state index contributed by atoms with van der Waals surface area (Å²) in [5.74, 6) is 1.34. The van der Waals surface area contributed by atoms with Crippen LogP contribution in [0.15, 0.2) is 54.9 Å². The Bertz CT molecular complexity index is 1300. The molecule has 37 heavy (non-hydrogen) atoms. The highest BCUT2D eigenvalue weighted by Gasteiger charge is 2.46. The van der Waals surface area contributed by atoms with Crippen molar-refractivity contribution in [2.75, 3.05) is 31.7 Å². The molecule has 1 unspecified atom stereocenters. The zero-order valence-corrected chi connectivity index (χ0v) is 21.1. The van der Waals surface area contributed by atoms with Crippen molar-refractivity contribution in [1.29, 1.82) is 0 Å². The largest absolute Gasteiger partial charge is 0.460 e. The molecule has 0 aliphatic carbocycles. The molecule has 4 heterocycles. The fourth-order valence-corrected chi connectivity index (χ4v) is 6.22. The maximum atomic E-state index is 13.7. The van der Waals surface area contributed by atoms with Crippen LogP contribution in [0.3, 0.4) is 0 Å². The van der Waals surface area contributed by atoms with Crippen LogP contribution in [-0.4, -0.2) is 60.0 Å². The Labute approximate surface area is 216 Å². The first-order valence-electron chi connectivity index (χ1n) is 13.0. The number of aromatic nitrogens is 2. The lowest BCUT2D eigenvalue weighted by molar-refractivity contribution is 0.0762. The van der Waals surface area contributed by atoms with E-state index in [4.69, 9.17) is 9.47 Å². The molecule has 3 aromatic rings. The number of anilines is 1. The summed E-state index contributed by atoms with van der Waals surface area (Å²) in [6.07, 6.45) is 5.30. The summed E-state index contributed by atoms with van der Waals surface area (Å²) in [4.78, 5) is 26.7. The highest BCUT2D eigenvalue weighted by Crippen LogP contribution is 2.51. The summed E-state index contributed by atoms with van der Waals surface area (Å²) < 4.78 is 24.6. The molecular formula is C29H31FN4O3. The number of para-hydroxylation sites is 1. The average molecular weight is 503 g/mol. The van der Waals surface area contributed by atoms with E-state index < -0.39 is 6.36 Å². The van der Waals surface area contributed by atoms with E-state index in [1.165, 1.54) is 6.92 Å². The van der Waals surface area contributed by atoms with E-state index in [0.29, 0.717) is 24.9 Å². The molecule has 192 valence electrons. The Kier molecular flexibility index (Phi) is 6.28. The molecule has 2 fully saturated rings. The number of fused-ring (bicyclic) bond motifs is 3. The number of alkyl halides is 1. The fourth-order valence-electron chi connectivity index (χ4n) is 6.22. The number of hydrogen-bond donors (Lipinski definition) is 0. The topological polar surface area (TPSA) is 67.8 Å². The van der Waals surface area contributed by atoms with Crippen LogP contribution in [-0.2, 0) is 4.74 Å². The van der Waals surface area contributed by atoms with Gasteiger partial charge in [-0.05, 0) is 54.2 Å². The Balaban J connectivity index is 1.31. The lowest BCUT2D eigenvalue weighted by atomic mass is 9.86. The second-order valence-corrected chi connectivity index (χ2v) is 10.1. The minimum absolute atomic E-state index is 0.0295. The second-order valence-electron chi connectivity index (χ2n) is 10.1. The molecule has 6 rings (SSSR count). The first-order valence-corrected chi connectivity index (χ1v) is 13.0. The SMILES string of the molecule is COC[C@H]1CCCN1c1ncc(-c2ccc3c(c2)[C@H]2[C@@H](c4ccccc4OC(C)F)CCN2C3=O)cn1. The van der Waals surface area contributed by atoms with Crippen molar-refractivity contribution >= 4 is 11.9 Å². The molecule has 2 aromatic carbocycles. The first-order chi connectivity index (χ1) is 18.0. The van der Waals surface area contributed by atoms with Crippen molar-refractivity contribution in [2.24, 2.45) is 0 Å². The van der Waals surface area contributed by atoms with Crippen LogP contribution in [0.5, 0.6) is 5.75 Å². The molecule has 0 N–H and O–H groups in total. The number of nitrogens with zero attached hydrogens (tertiary/aromatic N) is 4. The summed E-state index contributed by atoms with van der Waals surface area (Å²) in [6.45, 7) is 3.64. The molecule has 1 aromatic heterocycles. The minimum atomic E-state index is -1.41. The summed E-state index contributed by atoms with van der Waals surface area (Å²) >= 11 is 0. The summed E-state index contributed by atoms with van der Waals surface area (Å²) in [5, 5.41) is 0. The molecule has 3 aliphatic rings. The van der Waals surface area contributed by atoms with Gasteiger partial charge in [0.1, 0.15) is 5.75 Å². The Morgan fingerprint density at radius 3 is 2.62 bits per heavy atom. The molecule has 2 saturated heterocycles. The summed E-state index contributed by atoms with van der Waals surface area (Å²) in [6, 6.07) is 13.8. The Morgan fingerprint density at radius 2 is 1.84 bits per heavy atom. The fraction of sp³-hybridized carbons (Fsp3) is 0.414. The zero-order chi connectivity index (χ0) is 25.5. The van der Waals surface area contributed by atoms with Crippen LogP contribution in [0.1, 0.15) is 59.6 Å². The smallest absolute Gasteiger partial charge is 0.254 e. The van der Waals surface area contributed by atoms with E-state index in [-0.39, 0.29) is 17.9 Å². The van der Waals surface area contributed by atoms with Gasteiger partial charge < -0.3 is 19.3 Å². The van der Waals surface area contributed by atoms with Crippen molar-refractivity contribution in [3.8, 4) is 16.9 Å². The van der Waals surface area contributed by atoms with Crippen molar-refractivity contribution in [2.45, 2.75) is 50.5 Å². The normalized spacial score (nSPS) is 23.3. The molecule has 8 heteroatoms. The van der Waals surface area contributed by atoms with Gasteiger partial charge in [0.2, 0.25) is 12.3 Å². The van der Waals surface area contributed by atoms with E-state index in [9.17, 15) is 9.18 Å². The number of methoxy groups -OCH3 is 1. The highest BCUT2D eigenvalue weighted by molar-refractivity contribution is 6.00. The minimum Gasteiger partial charge on any atom is -0.460 e. The maximum Gasteiger partial charge on any atom is 0.254 e. The molecule has 0 bridgehead atoms. The number of halogens is 1. The third-order valence-electron chi connectivity index (χ3n) is 7.83. The van der Waals surface area contributed by atoms with Gasteiger partial charge in [0.05, 0.1) is 18.7 Å². The quantitative estimate of drug-likeness (QED) is 0.446. The Morgan fingerprint density at radius 1 is 1.03 bits per heavy atom. The molecule has 0 spiro atoms. The highest BCUT2D eigenvalue weighted by atomic mass is 19.1. The molecule has 1 amide bonds. The molecule has 0 radical (unpaired) electrons. The van der Waals surface area contributed by atoms with Crippen LogP contribution in [0.2, 0.25) is 0 Å². The van der Waals surface area contributed by atoms with Gasteiger partial charge in [-0.25, -0.2) is 14.4 Å². The van der Waals surface area contributed by atoms with Gasteiger partial charge in [-0.1, -0.05) is 24.3 Å². The van der Waals surface area contributed by atoms with Gasteiger partial charge in [-0.3, -0.25) is 4.79 Å². The van der Waals surface area contributed by atoms with Crippen LogP contribution >= 0.6 is 0 Å². The maximum absolute atomic E-state index is 13.7. The molecular weight excluding hydrogens is 471 g/mol. The van der Waals surface area contributed by atoms with Gasteiger partial charge in [-0.15, -0.1) is 0 Å². The summed E-state index contributed by atoms with van der Waals surface area (Å²) in [5.41, 5.74) is 4.55. The second kappa shape index (κ2) is 9.74. The third kappa shape index (κ3) is 4.23. The molecule has 4 atom stereocenters. The van der Waals surface area contributed by atoms with Crippen molar-refractivity contribution < 1.29 is 18.7 Å². The lowest BCUT2D eigenvalue weighted by Crippen LogP contribution is -2.34. The molecule has 7 nitrogen and oxygen atoms in total. The van der Waals surface area contributed by atoms with E-state index in [1.807, 2.05) is 47.6 Å². The van der Waals surface area contributed by atoms with Gasteiger partial charge in [0, 0.05) is 56.6 Å². The monoisotopic (exact) mass is 502 g/mol. The average Bonchev–Trinajstić information content (AvgIpc) is 3.61. The van der Waals surface area contributed by atoms with Crippen LogP contribution < -0.4 is 9.64 Å². The number of benzene rings is 2. The number of carbonyl (C=O) groups excluding carboxylic acids is 1. The number of carbonyl (C=O) groups is 1. The van der Waals surface area contributed by atoms with Gasteiger partial charge in [0.15, 0.2) is 0 Å². The van der Waals surface area contributed by atoms with E-state index in [1.54, 1.807) is 13.2 Å². The number of rotatable bonds is 7. The van der Waals surface area contributed by atoms with Crippen LogP contribution in [0, 0.1) is 0 Å². The standard InChI is InChI=1S/C29H31FN4O3/c1-18(30)37-26-8-4-3-7-22(26)23-11-13-34-27(23)25-14-19(9-10-24(25)28(34)35)20-15-31-29(32-16-20)33-12-5-6-21(33)17-36-2/h3-4,7-10,14-16,18,21,23,27H,5-6,11-13,17H2,1-2H3/t18?,21-,23-,27-/m1/s1. The molecule has 0 saturated carbocycles. The first kappa shape index (κ1) is 23.9. The van der Waals surface area contributed by atoms with E-state index >= 15 is 0 Å². The van der Waals surface area contributed by atoms with Crippen LogP contribution in [0.25, 0.3) is 11.1 Å².